The van der Waals surface area contributed by atoms with E-state index in [2.05, 4.69) is 0 Å². The zero-order chi connectivity index (χ0) is 15.5. The maximum Gasteiger partial charge on any atom is 0.335 e. The van der Waals surface area contributed by atoms with Gasteiger partial charge in [-0.2, -0.15) is 5.26 Å². The number of hydrogen-bond acceptors (Lipinski definition) is 4. The minimum Gasteiger partial charge on any atom is -0.478 e. The number of benzene rings is 2. The van der Waals surface area contributed by atoms with Gasteiger partial charge in [0.25, 0.3) is 0 Å². The molecule has 0 aliphatic heterocycles. The van der Waals surface area contributed by atoms with Crippen molar-refractivity contribution in [1.82, 2.24) is 0 Å². The fraction of sp³-hybridized carbons (Fsp3) is 0.0667. The Bertz CT molecular complexity index is 800. The summed E-state index contributed by atoms with van der Waals surface area (Å²) in [4.78, 5) is 10.9. The van der Waals surface area contributed by atoms with Gasteiger partial charge in [0.2, 0.25) is 0 Å². The molecular formula is C15H11NO4S. The van der Waals surface area contributed by atoms with Crippen LogP contribution in [0.15, 0.2) is 53.4 Å². The number of nitrogens with zero attached hydrogens (tertiary/aromatic N) is 1. The van der Waals surface area contributed by atoms with Gasteiger partial charge in [-0.3, -0.25) is 0 Å². The highest BCUT2D eigenvalue weighted by Gasteiger charge is 2.15. The number of hydrogen-bond donors (Lipinski definition) is 1. The molecule has 0 radical (unpaired) electrons. The Labute approximate surface area is 122 Å². The molecule has 0 aliphatic carbocycles. The highest BCUT2D eigenvalue weighted by Crippen LogP contribution is 2.17. The Balaban J connectivity index is 2.24. The lowest BCUT2D eigenvalue weighted by molar-refractivity contribution is 0.0697. The van der Waals surface area contributed by atoms with E-state index in [0.29, 0.717) is 11.1 Å². The molecule has 0 atom stereocenters. The van der Waals surface area contributed by atoms with E-state index in [4.69, 9.17) is 10.4 Å². The third kappa shape index (κ3) is 3.46. The van der Waals surface area contributed by atoms with Crippen LogP contribution in [0.3, 0.4) is 0 Å². The smallest absolute Gasteiger partial charge is 0.335 e. The molecule has 0 heterocycles. The number of carboxylic acid groups (broad SMARTS) is 1. The van der Waals surface area contributed by atoms with Crippen molar-refractivity contribution in [3.8, 4) is 6.07 Å². The third-order valence-corrected chi connectivity index (χ3v) is 4.60. The summed E-state index contributed by atoms with van der Waals surface area (Å²) in [6, 6.07) is 13.3. The first-order valence-electron chi connectivity index (χ1n) is 5.97. The van der Waals surface area contributed by atoms with E-state index in [1.54, 1.807) is 0 Å². The highest BCUT2D eigenvalue weighted by atomic mass is 32.2. The van der Waals surface area contributed by atoms with Crippen LogP contribution in [-0.4, -0.2) is 19.5 Å². The van der Waals surface area contributed by atoms with E-state index in [0.717, 1.165) is 0 Å². The molecule has 0 fully saturated rings. The standard InChI is InChI=1S/C15H11NO4S/c16-9-11-3-7-14(8-4-11)21(19,20)10-12-1-5-13(6-2-12)15(17)18/h1-8H,10H2,(H,17,18). The first-order chi connectivity index (χ1) is 9.92. The SMILES string of the molecule is N#Cc1ccc(S(=O)(=O)Cc2ccc(C(=O)O)cc2)cc1. The normalized spacial score (nSPS) is 10.8. The summed E-state index contributed by atoms with van der Waals surface area (Å²) in [6.45, 7) is 0. The van der Waals surface area contributed by atoms with Crippen LogP contribution in [0.5, 0.6) is 0 Å². The lowest BCUT2D eigenvalue weighted by Crippen LogP contribution is -2.05. The zero-order valence-corrected chi connectivity index (χ0v) is 11.7. The van der Waals surface area contributed by atoms with Crippen LogP contribution in [0.1, 0.15) is 21.5 Å². The number of aromatic carboxylic acids is 1. The van der Waals surface area contributed by atoms with Crippen molar-refractivity contribution in [3.05, 3.63) is 65.2 Å². The van der Waals surface area contributed by atoms with Gasteiger partial charge in [0, 0.05) is 0 Å². The van der Waals surface area contributed by atoms with E-state index in [1.165, 1.54) is 48.5 Å². The summed E-state index contributed by atoms with van der Waals surface area (Å²) in [5.74, 6) is -1.28. The summed E-state index contributed by atoms with van der Waals surface area (Å²) in [6.07, 6.45) is 0. The Hall–Kier alpha value is -2.65. The highest BCUT2D eigenvalue weighted by molar-refractivity contribution is 7.90. The molecule has 0 aromatic heterocycles. The van der Waals surface area contributed by atoms with Gasteiger partial charge in [-0.15, -0.1) is 0 Å². The summed E-state index contributed by atoms with van der Waals surface area (Å²) < 4.78 is 24.4. The fourth-order valence-corrected chi connectivity index (χ4v) is 3.13. The Morgan fingerprint density at radius 3 is 2.10 bits per heavy atom. The monoisotopic (exact) mass is 301 g/mol. The van der Waals surface area contributed by atoms with Gasteiger partial charge in [0.15, 0.2) is 9.84 Å². The second kappa shape index (κ2) is 5.77. The number of carbonyl (C=O) groups is 1. The topological polar surface area (TPSA) is 95.2 Å². The lowest BCUT2D eigenvalue weighted by Gasteiger charge is -2.05. The third-order valence-electron chi connectivity index (χ3n) is 2.90. The maximum absolute atomic E-state index is 12.2. The molecule has 106 valence electrons. The van der Waals surface area contributed by atoms with Crippen molar-refractivity contribution >= 4 is 15.8 Å². The van der Waals surface area contributed by atoms with Gasteiger partial charge in [-0.1, -0.05) is 12.1 Å². The molecule has 0 amide bonds. The fourth-order valence-electron chi connectivity index (χ4n) is 1.78. The number of rotatable bonds is 4. The van der Waals surface area contributed by atoms with Crippen LogP contribution in [0.4, 0.5) is 0 Å². The molecule has 0 unspecified atom stereocenters. The molecule has 0 bridgehead atoms. The van der Waals surface area contributed by atoms with Crippen molar-refractivity contribution in [2.24, 2.45) is 0 Å². The van der Waals surface area contributed by atoms with E-state index in [9.17, 15) is 13.2 Å². The predicted octanol–water partition coefficient (Wildman–Crippen LogP) is 2.23. The molecule has 2 aromatic carbocycles. The summed E-state index contributed by atoms with van der Waals surface area (Å²) in [5, 5.41) is 17.5. The quantitative estimate of drug-likeness (QED) is 0.934. The van der Waals surface area contributed by atoms with E-state index < -0.39 is 15.8 Å². The predicted molar refractivity (Wildman–Crippen MR) is 75.4 cm³/mol. The van der Waals surface area contributed by atoms with Gasteiger partial charge in [0.1, 0.15) is 0 Å². The summed E-state index contributed by atoms with van der Waals surface area (Å²) >= 11 is 0. The lowest BCUT2D eigenvalue weighted by atomic mass is 10.1. The van der Waals surface area contributed by atoms with Crippen molar-refractivity contribution in [2.75, 3.05) is 0 Å². The number of carboxylic acids is 1. The minimum atomic E-state index is -3.53. The summed E-state index contributed by atoms with van der Waals surface area (Å²) in [5.41, 5.74) is 0.999. The first kappa shape index (κ1) is 14.8. The minimum absolute atomic E-state index is 0.106. The molecule has 1 N–H and O–H groups in total. The van der Waals surface area contributed by atoms with Gasteiger partial charge in [-0.05, 0) is 42.0 Å². The van der Waals surface area contributed by atoms with Gasteiger partial charge >= 0.3 is 5.97 Å². The molecule has 0 saturated heterocycles. The second-order valence-electron chi connectivity index (χ2n) is 4.40. The number of sulfone groups is 1. The first-order valence-corrected chi connectivity index (χ1v) is 7.63. The molecule has 0 aliphatic rings. The Morgan fingerprint density at radius 1 is 1.05 bits per heavy atom. The molecular weight excluding hydrogens is 290 g/mol. The molecule has 2 rings (SSSR count). The van der Waals surface area contributed by atoms with E-state index in [1.807, 2.05) is 6.07 Å². The molecule has 0 saturated carbocycles. The van der Waals surface area contributed by atoms with E-state index in [-0.39, 0.29) is 16.2 Å². The average Bonchev–Trinajstić information content (AvgIpc) is 2.47. The van der Waals surface area contributed by atoms with Gasteiger partial charge < -0.3 is 5.11 Å². The van der Waals surface area contributed by atoms with Gasteiger partial charge in [0.05, 0.1) is 27.8 Å². The van der Waals surface area contributed by atoms with E-state index >= 15 is 0 Å². The second-order valence-corrected chi connectivity index (χ2v) is 6.39. The Morgan fingerprint density at radius 2 is 1.62 bits per heavy atom. The average molecular weight is 301 g/mol. The van der Waals surface area contributed by atoms with Gasteiger partial charge in [-0.25, -0.2) is 13.2 Å². The van der Waals surface area contributed by atoms with Crippen molar-refractivity contribution in [2.45, 2.75) is 10.6 Å². The molecule has 21 heavy (non-hydrogen) atoms. The largest absolute Gasteiger partial charge is 0.478 e. The van der Waals surface area contributed by atoms with Crippen LogP contribution in [-0.2, 0) is 15.6 Å². The number of nitriles is 1. The molecule has 0 spiro atoms. The van der Waals surface area contributed by atoms with Crippen LogP contribution >= 0.6 is 0 Å². The van der Waals surface area contributed by atoms with Crippen molar-refractivity contribution in [3.63, 3.8) is 0 Å². The molecule has 6 heteroatoms. The van der Waals surface area contributed by atoms with Crippen LogP contribution < -0.4 is 0 Å². The molecule has 2 aromatic rings. The Kier molecular flexibility index (Phi) is 4.05. The van der Waals surface area contributed by atoms with Crippen molar-refractivity contribution < 1.29 is 18.3 Å². The zero-order valence-electron chi connectivity index (χ0n) is 10.9. The summed E-state index contributed by atoms with van der Waals surface area (Å²) in [7, 11) is -3.53. The molecule has 5 nitrogen and oxygen atoms in total. The van der Waals surface area contributed by atoms with Crippen LogP contribution in [0.25, 0.3) is 0 Å². The van der Waals surface area contributed by atoms with Crippen LogP contribution in [0.2, 0.25) is 0 Å². The van der Waals surface area contributed by atoms with Crippen molar-refractivity contribution in [1.29, 1.82) is 5.26 Å². The van der Waals surface area contributed by atoms with Crippen LogP contribution in [0, 0.1) is 11.3 Å². The maximum atomic E-state index is 12.2.